The molecule has 5 heteroatoms. The van der Waals surface area contributed by atoms with Gasteiger partial charge in [-0.3, -0.25) is 0 Å². The van der Waals surface area contributed by atoms with Crippen LogP contribution < -0.4 is 5.32 Å². The smallest absolute Gasteiger partial charge is 0.140 e. The lowest BCUT2D eigenvalue weighted by Gasteiger charge is -2.15. The van der Waals surface area contributed by atoms with Gasteiger partial charge in [0, 0.05) is 38.7 Å². The van der Waals surface area contributed by atoms with E-state index in [-0.39, 0.29) is 6.10 Å². The van der Waals surface area contributed by atoms with Crippen molar-refractivity contribution < 1.29 is 9.47 Å². The summed E-state index contributed by atoms with van der Waals surface area (Å²) in [6.45, 7) is 4.89. The summed E-state index contributed by atoms with van der Waals surface area (Å²) in [6.07, 6.45) is 1.70. The maximum atomic E-state index is 5.84. The van der Waals surface area contributed by atoms with Crippen LogP contribution in [-0.4, -0.2) is 36.8 Å². The van der Waals surface area contributed by atoms with Gasteiger partial charge in [-0.2, -0.15) is 0 Å². The Morgan fingerprint density at radius 2 is 2.10 bits per heavy atom. The van der Waals surface area contributed by atoms with E-state index in [9.17, 15) is 0 Å². The largest absolute Gasteiger partial charge is 0.383 e. The second kappa shape index (κ2) is 8.56. The molecule has 1 unspecified atom stereocenters. The Labute approximate surface area is 125 Å². The van der Waals surface area contributed by atoms with Crippen molar-refractivity contribution in [3.8, 4) is 0 Å². The molecule has 0 saturated heterocycles. The number of aromatic nitrogens is 2. The van der Waals surface area contributed by atoms with Gasteiger partial charge in [0.05, 0.1) is 6.61 Å². The van der Waals surface area contributed by atoms with Crippen molar-refractivity contribution in [2.24, 2.45) is 0 Å². The van der Waals surface area contributed by atoms with E-state index in [1.165, 1.54) is 0 Å². The Balaban J connectivity index is 2.02. The highest BCUT2D eigenvalue weighted by Gasteiger charge is 2.17. The molecule has 114 valence electrons. The van der Waals surface area contributed by atoms with Crippen LogP contribution in [0.2, 0.25) is 0 Å². The fraction of sp³-hybridized carbons (Fsp3) is 0.438. The number of imidazole rings is 1. The van der Waals surface area contributed by atoms with Gasteiger partial charge in [0.25, 0.3) is 0 Å². The average Bonchev–Trinajstić information content (AvgIpc) is 2.98. The normalized spacial score (nSPS) is 12.5. The molecule has 1 aromatic heterocycles. The minimum absolute atomic E-state index is 0.149. The van der Waals surface area contributed by atoms with Crippen LogP contribution in [0.25, 0.3) is 0 Å². The van der Waals surface area contributed by atoms with Gasteiger partial charge in [-0.1, -0.05) is 30.3 Å². The van der Waals surface area contributed by atoms with Gasteiger partial charge < -0.3 is 19.8 Å². The van der Waals surface area contributed by atoms with Crippen LogP contribution in [0.5, 0.6) is 0 Å². The molecule has 1 heterocycles. The number of methoxy groups -OCH3 is 1. The van der Waals surface area contributed by atoms with Crippen LogP contribution >= 0.6 is 0 Å². The minimum Gasteiger partial charge on any atom is -0.383 e. The predicted octanol–water partition coefficient (Wildman–Crippen LogP) is 2.27. The third-order valence-corrected chi connectivity index (χ3v) is 3.13. The highest BCUT2D eigenvalue weighted by atomic mass is 16.5. The number of hydrogen-bond donors (Lipinski definition) is 2. The quantitative estimate of drug-likeness (QED) is 0.695. The molecule has 0 radical (unpaired) electrons. The Morgan fingerprint density at radius 3 is 2.81 bits per heavy atom. The van der Waals surface area contributed by atoms with Gasteiger partial charge in [-0.25, -0.2) is 4.98 Å². The first-order chi connectivity index (χ1) is 10.3. The zero-order valence-electron chi connectivity index (χ0n) is 12.6. The zero-order valence-corrected chi connectivity index (χ0v) is 12.6. The van der Waals surface area contributed by atoms with Crippen LogP contribution in [0.4, 0.5) is 0 Å². The lowest BCUT2D eigenvalue weighted by atomic mass is 10.1. The number of rotatable bonds is 9. The maximum Gasteiger partial charge on any atom is 0.140 e. The molecular weight excluding hydrogens is 266 g/mol. The summed E-state index contributed by atoms with van der Waals surface area (Å²) < 4.78 is 10.8. The summed E-state index contributed by atoms with van der Waals surface area (Å²) in [5.74, 6) is 0.839. The Morgan fingerprint density at radius 1 is 1.29 bits per heavy atom. The number of nitrogens with one attached hydrogen (secondary N) is 2. The predicted molar refractivity (Wildman–Crippen MR) is 82.1 cm³/mol. The van der Waals surface area contributed by atoms with E-state index in [4.69, 9.17) is 9.47 Å². The molecule has 0 bridgehead atoms. The number of hydrogen-bond acceptors (Lipinski definition) is 4. The Bertz CT molecular complexity index is 513. The first-order valence-electron chi connectivity index (χ1n) is 7.25. The highest BCUT2D eigenvalue weighted by molar-refractivity contribution is 5.23. The molecule has 5 nitrogen and oxygen atoms in total. The van der Waals surface area contributed by atoms with Gasteiger partial charge in [0.2, 0.25) is 0 Å². The van der Waals surface area contributed by atoms with Crippen molar-refractivity contribution in [1.82, 2.24) is 15.3 Å². The van der Waals surface area contributed by atoms with E-state index in [1.807, 2.05) is 31.3 Å². The van der Waals surface area contributed by atoms with Gasteiger partial charge >= 0.3 is 0 Å². The molecule has 1 aromatic carbocycles. The van der Waals surface area contributed by atoms with E-state index in [0.29, 0.717) is 13.2 Å². The third kappa shape index (κ3) is 4.67. The van der Waals surface area contributed by atoms with Crippen molar-refractivity contribution in [3.05, 3.63) is 53.6 Å². The molecule has 21 heavy (non-hydrogen) atoms. The molecule has 2 N–H and O–H groups in total. The fourth-order valence-corrected chi connectivity index (χ4v) is 2.12. The third-order valence-electron chi connectivity index (χ3n) is 3.13. The fourth-order valence-electron chi connectivity index (χ4n) is 2.12. The number of benzene rings is 1. The van der Waals surface area contributed by atoms with Crippen LogP contribution in [0, 0.1) is 0 Å². The number of H-pyrrole nitrogens is 1. The molecule has 1 atom stereocenters. The molecule has 2 rings (SSSR count). The number of nitrogens with zero attached hydrogens (tertiary/aromatic N) is 1. The summed E-state index contributed by atoms with van der Waals surface area (Å²) in [5.41, 5.74) is 2.15. The van der Waals surface area contributed by atoms with Gasteiger partial charge in [-0.05, 0) is 12.5 Å². The van der Waals surface area contributed by atoms with E-state index in [2.05, 4.69) is 27.4 Å². The van der Waals surface area contributed by atoms with Gasteiger partial charge in [0.15, 0.2) is 0 Å². The van der Waals surface area contributed by atoms with Crippen molar-refractivity contribution in [2.45, 2.75) is 19.6 Å². The Hall–Kier alpha value is -1.69. The minimum atomic E-state index is -0.149. The summed E-state index contributed by atoms with van der Waals surface area (Å²) in [5, 5.41) is 3.29. The van der Waals surface area contributed by atoms with Crippen molar-refractivity contribution in [1.29, 1.82) is 0 Å². The zero-order chi connectivity index (χ0) is 14.9. The molecule has 0 amide bonds. The van der Waals surface area contributed by atoms with E-state index in [1.54, 1.807) is 7.11 Å². The van der Waals surface area contributed by atoms with Crippen LogP contribution in [0.1, 0.15) is 30.1 Å². The van der Waals surface area contributed by atoms with Gasteiger partial charge in [0.1, 0.15) is 11.9 Å². The first kappa shape index (κ1) is 15.7. The summed E-state index contributed by atoms with van der Waals surface area (Å²) in [6, 6.07) is 10.1. The second-order valence-corrected chi connectivity index (χ2v) is 4.71. The lowest BCUT2D eigenvalue weighted by Crippen LogP contribution is -2.18. The van der Waals surface area contributed by atoms with Crippen LogP contribution in [0.15, 0.2) is 36.5 Å². The topological polar surface area (TPSA) is 59.2 Å². The van der Waals surface area contributed by atoms with Crippen LogP contribution in [0.3, 0.4) is 0 Å². The summed E-state index contributed by atoms with van der Waals surface area (Å²) in [7, 11) is 1.70. The molecule has 0 fully saturated rings. The van der Waals surface area contributed by atoms with Crippen molar-refractivity contribution in [3.63, 3.8) is 0 Å². The Kier molecular flexibility index (Phi) is 6.40. The monoisotopic (exact) mass is 289 g/mol. The van der Waals surface area contributed by atoms with Crippen LogP contribution in [-0.2, 0) is 16.0 Å². The number of aromatic amines is 1. The standard InChI is InChI=1S/C16H23N3O2/c1-3-21-15(13-7-5-4-6-8-13)16-18-12-14(19-16)11-17-9-10-20-2/h4-8,12,15,17H,3,9-11H2,1-2H3,(H,18,19). The molecular formula is C16H23N3O2. The molecule has 0 aliphatic rings. The molecule has 2 aromatic rings. The van der Waals surface area contributed by atoms with Crippen molar-refractivity contribution >= 4 is 0 Å². The van der Waals surface area contributed by atoms with E-state index < -0.39 is 0 Å². The second-order valence-electron chi connectivity index (χ2n) is 4.71. The van der Waals surface area contributed by atoms with Gasteiger partial charge in [-0.15, -0.1) is 0 Å². The highest BCUT2D eigenvalue weighted by Crippen LogP contribution is 2.23. The SMILES string of the molecule is CCOC(c1ccccc1)c1ncc(CNCCOC)[nH]1. The average molecular weight is 289 g/mol. The number of ether oxygens (including phenoxy) is 2. The van der Waals surface area contributed by atoms with E-state index in [0.717, 1.165) is 30.2 Å². The molecule has 0 aliphatic carbocycles. The van der Waals surface area contributed by atoms with Crippen molar-refractivity contribution in [2.75, 3.05) is 26.9 Å². The lowest BCUT2D eigenvalue weighted by molar-refractivity contribution is 0.0856. The first-order valence-corrected chi connectivity index (χ1v) is 7.25. The van der Waals surface area contributed by atoms with E-state index >= 15 is 0 Å². The molecule has 0 saturated carbocycles. The summed E-state index contributed by atoms with van der Waals surface area (Å²) >= 11 is 0. The molecule has 0 aliphatic heterocycles. The maximum absolute atomic E-state index is 5.84. The molecule has 0 spiro atoms. The summed E-state index contributed by atoms with van der Waals surface area (Å²) in [4.78, 5) is 7.79.